The lowest BCUT2D eigenvalue weighted by atomic mass is 10.1. The fourth-order valence-corrected chi connectivity index (χ4v) is 2.88. The number of hydrogen-bond acceptors (Lipinski definition) is 3. The van der Waals surface area contributed by atoms with Crippen LogP contribution in [0.1, 0.15) is 51.3 Å². The summed E-state index contributed by atoms with van der Waals surface area (Å²) in [7, 11) is 0. The van der Waals surface area contributed by atoms with E-state index in [0.29, 0.717) is 13.2 Å². The quantitative estimate of drug-likeness (QED) is 0.747. The Morgan fingerprint density at radius 2 is 1.96 bits per heavy atom. The van der Waals surface area contributed by atoms with E-state index in [4.69, 9.17) is 4.74 Å². The number of fused-ring (bicyclic) bond motifs is 1. The minimum absolute atomic E-state index is 0.123. The van der Waals surface area contributed by atoms with Crippen molar-refractivity contribution in [2.75, 3.05) is 19.7 Å². The van der Waals surface area contributed by atoms with Gasteiger partial charge >= 0.3 is 0 Å². The smallest absolute Gasteiger partial charge is 0.194 e. The summed E-state index contributed by atoms with van der Waals surface area (Å²) in [5.74, 6) is 0.767. The number of nitrogens with one attached hydrogen (secondary N) is 1. The Morgan fingerprint density at radius 1 is 1.17 bits per heavy atom. The van der Waals surface area contributed by atoms with Crippen LogP contribution in [0, 0.1) is 6.92 Å². The standard InChI is InChI=1S/C20H30N2O2/c1-5-8-11-22(7-3)14-18-15(4)21-19-10-9-16(24-12-6-2)13-17(19)20(18)23/h9-10,13H,5-8,11-12,14H2,1-4H3,(H,21,23). The van der Waals surface area contributed by atoms with Crippen LogP contribution in [-0.2, 0) is 6.54 Å². The van der Waals surface area contributed by atoms with Crippen molar-refractivity contribution in [2.24, 2.45) is 0 Å². The molecular weight excluding hydrogens is 300 g/mol. The van der Waals surface area contributed by atoms with Crippen molar-refractivity contribution in [3.05, 3.63) is 39.7 Å². The molecule has 4 heteroatoms. The number of aromatic amines is 1. The maximum Gasteiger partial charge on any atom is 0.194 e. The van der Waals surface area contributed by atoms with Crippen LogP contribution in [0.25, 0.3) is 10.9 Å². The summed E-state index contributed by atoms with van der Waals surface area (Å²) in [4.78, 5) is 18.7. The fourth-order valence-electron chi connectivity index (χ4n) is 2.88. The van der Waals surface area contributed by atoms with E-state index in [1.807, 2.05) is 25.1 Å². The van der Waals surface area contributed by atoms with Gasteiger partial charge < -0.3 is 9.72 Å². The number of nitrogens with zero attached hydrogens (tertiary/aromatic N) is 1. The van der Waals surface area contributed by atoms with Crippen molar-refractivity contribution in [1.82, 2.24) is 9.88 Å². The number of H-pyrrole nitrogens is 1. The highest BCUT2D eigenvalue weighted by atomic mass is 16.5. The SMILES string of the molecule is CCCCN(CC)Cc1c(C)[nH]c2ccc(OCCC)cc2c1=O. The number of hydrogen-bond donors (Lipinski definition) is 1. The monoisotopic (exact) mass is 330 g/mol. The molecule has 0 saturated heterocycles. The van der Waals surface area contributed by atoms with Gasteiger partial charge in [-0.2, -0.15) is 0 Å². The zero-order valence-electron chi connectivity index (χ0n) is 15.4. The first-order valence-electron chi connectivity index (χ1n) is 9.11. The molecular formula is C20H30N2O2. The average molecular weight is 330 g/mol. The van der Waals surface area contributed by atoms with Crippen LogP contribution >= 0.6 is 0 Å². The van der Waals surface area contributed by atoms with Crippen LogP contribution < -0.4 is 10.2 Å². The number of benzene rings is 1. The maximum atomic E-state index is 13.0. The summed E-state index contributed by atoms with van der Waals surface area (Å²) < 4.78 is 5.68. The van der Waals surface area contributed by atoms with Crippen molar-refractivity contribution < 1.29 is 4.74 Å². The Labute approximate surface area is 144 Å². The van der Waals surface area contributed by atoms with Crippen molar-refractivity contribution in [3.8, 4) is 5.75 Å². The highest BCUT2D eigenvalue weighted by Gasteiger charge is 2.13. The van der Waals surface area contributed by atoms with Gasteiger partial charge in [0.1, 0.15) is 5.75 Å². The third-order valence-corrected chi connectivity index (χ3v) is 4.41. The molecule has 0 aliphatic carbocycles. The Hall–Kier alpha value is -1.81. The van der Waals surface area contributed by atoms with Gasteiger partial charge in [-0.1, -0.05) is 27.2 Å². The van der Waals surface area contributed by atoms with Crippen LogP contribution in [0.15, 0.2) is 23.0 Å². The highest BCUT2D eigenvalue weighted by Crippen LogP contribution is 2.19. The van der Waals surface area contributed by atoms with Crippen LogP contribution in [-0.4, -0.2) is 29.6 Å². The highest BCUT2D eigenvalue weighted by molar-refractivity contribution is 5.81. The Kier molecular flexibility index (Phi) is 6.85. The number of rotatable bonds is 9. The molecule has 0 spiro atoms. The molecule has 0 atom stereocenters. The van der Waals surface area contributed by atoms with Gasteiger partial charge in [-0.3, -0.25) is 9.69 Å². The van der Waals surface area contributed by atoms with Gasteiger partial charge in [0, 0.05) is 28.7 Å². The van der Waals surface area contributed by atoms with Crippen LogP contribution in [0.2, 0.25) is 0 Å². The predicted molar refractivity (Wildman–Crippen MR) is 101 cm³/mol. The molecule has 0 aliphatic heterocycles. The maximum absolute atomic E-state index is 13.0. The minimum atomic E-state index is 0.123. The fraction of sp³-hybridized carbons (Fsp3) is 0.550. The molecule has 0 saturated carbocycles. The number of aryl methyl sites for hydroxylation is 1. The summed E-state index contributed by atoms with van der Waals surface area (Å²) in [6.07, 6.45) is 3.28. The topological polar surface area (TPSA) is 45.3 Å². The lowest BCUT2D eigenvalue weighted by molar-refractivity contribution is 0.274. The van der Waals surface area contributed by atoms with Crippen molar-refractivity contribution in [3.63, 3.8) is 0 Å². The molecule has 0 bridgehead atoms. The zero-order valence-corrected chi connectivity index (χ0v) is 15.4. The second-order valence-corrected chi connectivity index (χ2v) is 6.34. The van der Waals surface area contributed by atoms with Crippen LogP contribution in [0.4, 0.5) is 0 Å². The minimum Gasteiger partial charge on any atom is -0.494 e. The molecule has 24 heavy (non-hydrogen) atoms. The normalized spacial score (nSPS) is 11.4. The molecule has 0 unspecified atom stereocenters. The number of aromatic nitrogens is 1. The van der Waals surface area contributed by atoms with Crippen molar-refractivity contribution in [2.45, 2.75) is 53.5 Å². The Balaban J connectivity index is 2.37. The third kappa shape index (κ3) is 4.38. The lowest BCUT2D eigenvalue weighted by Crippen LogP contribution is -2.28. The van der Waals surface area contributed by atoms with Gasteiger partial charge in [0.05, 0.1) is 6.61 Å². The predicted octanol–water partition coefficient (Wildman–Crippen LogP) is 4.25. The van der Waals surface area contributed by atoms with E-state index in [0.717, 1.165) is 53.8 Å². The summed E-state index contributed by atoms with van der Waals surface area (Å²) in [6, 6.07) is 5.73. The lowest BCUT2D eigenvalue weighted by Gasteiger charge is -2.21. The van der Waals surface area contributed by atoms with Crippen LogP contribution in [0.3, 0.4) is 0 Å². The molecule has 1 aromatic heterocycles. The molecule has 0 aliphatic rings. The van der Waals surface area contributed by atoms with Gasteiger partial charge in [-0.15, -0.1) is 0 Å². The van der Waals surface area contributed by atoms with E-state index in [1.54, 1.807) is 0 Å². The van der Waals surface area contributed by atoms with Gasteiger partial charge in [0.15, 0.2) is 5.43 Å². The molecule has 4 nitrogen and oxygen atoms in total. The Morgan fingerprint density at radius 3 is 2.62 bits per heavy atom. The summed E-state index contributed by atoms with van der Waals surface area (Å²) in [5, 5.41) is 0.718. The Bertz CT molecular complexity index is 721. The third-order valence-electron chi connectivity index (χ3n) is 4.41. The molecule has 2 rings (SSSR count). The van der Waals surface area contributed by atoms with Crippen molar-refractivity contribution >= 4 is 10.9 Å². The van der Waals surface area contributed by atoms with Gasteiger partial charge in [-0.25, -0.2) is 0 Å². The average Bonchev–Trinajstić information content (AvgIpc) is 2.59. The zero-order chi connectivity index (χ0) is 17.5. The van der Waals surface area contributed by atoms with E-state index in [1.165, 1.54) is 6.42 Å². The van der Waals surface area contributed by atoms with E-state index in [9.17, 15) is 4.79 Å². The molecule has 0 radical (unpaired) electrons. The second kappa shape index (κ2) is 8.88. The molecule has 1 heterocycles. The second-order valence-electron chi connectivity index (χ2n) is 6.34. The molecule has 1 aromatic carbocycles. The van der Waals surface area contributed by atoms with Gasteiger partial charge in [-0.05, 0) is 51.1 Å². The summed E-state index contributed by atoms with van der Waals surface area (Å²) in [5.41, 5.74) is 2.83. The van der Waals surface area contributed by atoms with Gasteiger partial charge in [0.25, 0.3) is 0 Å². The molecule has 2 aromatic rings. The van der Waals surface area contributed by atoms with Crippen LogP contribution in [0.5, 0.6) is 5.75 Å². The number of ether oxygens (including phenoxy) is 1. The summed E-state index contributed by atoms with van der Waals surface area (Å²) >= 11 is 0. The first-order valence-corrected chi connectivity index (χ1v) is 9.11. The molecule has 1 N–H and O–H groups in total. The van der Waals surface area contributed by atoms with Crippen molar-refractivity contribution in [1.29, 1.82) is 0 Å². The first kappa shape index (κ1) is 18.5. The summed E-state index contributed by atoms with van der Waals surface area (Å²) in [6.45, 7) is 11.8. The van der Waals surface area contributed by atoms with Gasteiger partial charge in [0.2, 0.25) is 0 Å². The molecule has 0 fully saturated rings. The number of unbranched alkanes of at least 4 members (excludes halogenated alkanes) is 1. The van der Waals surface area contributed by atoms with E-state index in [-0.39, 0.29) is 5.43 Å². The number of pyridine rings is 1. The first-order chi connectivity index (χ1) is 11.6. The van der Waals surface area contributed by atoms with E-state index in [2.05, 4.69) is 30.7 Å². The molecule has 0 amide bonds. The van der Waals surface area contributed by atoms with E-state index >= 15 is 0 Å². The molecule has 132 valence electrons. The largest absolute Gasteiger partial charge is 0.494 e. The van der Waals surface area contributed by atoms with E-state index < -0.39 is 0 Å².